The van der Waals surface area contributed by atoms with Crippen molar-refractivity contribution in [2.75, 3.05) is 11.9 Å². The van der Waals surface area contributed by atoms with Crippen molar-refractivity contribution in [2.24, 2.45) is 0 Å². The van der Waals surface area contributed by atoms with Gasteiger partial charge >= 0.3 is 0 Å². The summed E-state index contributed by atoms with van der Waals surface area (Å²) in [7, 11) is 0. The first kappa shape index (κ1) is 16.3. The average Bonchev–Trinajstić information content (AvgIpc) is 2.48. The fourth-order valence-electron chi connectivity index (χ4n) is 1.67. The van der Waals surface area contributed by atoms with E-state index in [0.717, 1.165) is 6.07 Å². The minimum Gasteiger partial charge on any atom is -0.343 e. The van der Waals surface area contributed by atoms with Gasteiger partial charge in [0.05, 0.1) is 11.6 Å². The molecule has 0 atom stereocenters. The summed E-state index contributed by atoms with van der Waals surface area (Å²) in [6.45, 7) is -0.236. The number of anilines is 1. The maximum absolute atomic E-state index is 13.0. The molecule has 2 aromatic carbocycles. The zero-order chi connectivity index (χ0) is 16.1. The van der Waals surface area contributed by atoms with E-state index >= 15 is 0 Å². The summed E-state index contributed by atoms with van der Waals surface area (Å²) in [5.74, 6) is -1.46. The molecular formula is C15H11Cl2FN2O2. The Kier molecular flexibility index (Phi) is 5.35. The van der Waals surface area contributed by atoms with Crippen LogP contribution >= 0.6 is 23.2 Å². The molecule has 0 aliphatic heterocycles. The molecule has 7 heteroatoms. The van der Waals surface area contributed by atoms with Gasteiger partial charge in [0.2, 0.25) is 5.91 Å². The molecular weight excluding hydrogens is 330 g/mol. The molecule has 2 rings (SSSR count). The molecule has 2 aromatic rings. The van der Waals surface area contributed by atoms with E-state index in [1.54, 1.807) is 18.2 Å². The SMILES string of the molecule is O=C(CNC(=O)c1cccc(Cl)c1)Nc1ccc(F)c(Cl)c1. The predicted octanol–water partition coefficient (Wildman–Crippen LogP) is 3.50. The second-order valence-electron chi connectivity index (χ2n) is 4.37. The van der Waals surface area contributed by atoms with Crippen LogP contribution in [0.1, 0.15) is 10.4 Å². The quantitative estimate of drug-likeness (QED) is 0.894. The lowest BCUT2D eigenvalue weighted by Gasteiger charge is -2.08. The molecule has 114 valence electrons. The second-order valence-corrected chi connectivity index (χ2v) is 5.21. The summed E-state index contributed by atoms with van der Waals surface area (Å²) < 4.78 is 13.0. The van der Waals surface area contributed by atoms with Crippen molar-refractivity contribution in [3.63, 3.8) is 0 Å². The lowest BCUT2D eigenvalue weighted by molar-refractivity contribution is -0.115. The van der Waals surface area contributed by atoms with Crippen molar-refractivity contribution in [2.45, 2.75) is 0 Å². The van der Waals surface area contributed by atoms with Gasteiger partial charge in [-0.2, -0.15) is 0 Å². The number of hydrogen-bond donors (Lipinski definition) is 2. The van der Waals surface area contributed by atoms with Crippen LogP contribution in [0.15, 0.2) is 42.5 Å². The largest absolute Gasteiger partial charge is 0.343 e. The zero-order valence-corrected chi connectivity index (χ0v) is 12.7. The van der Waals surface area contributed by atoms with Crippen LogP contribution in [0.3, 0.4) is 0 Å². The van der Waals surface area contributed by atoms with Crippen LogP contribution in [-0.4, -0.2) is 18.4 Å². The molecule has 0 aliphatic carbocycles. The molecule has 22 heavy (non-hydrogen) atoms. The van der Waals surface area contributed by atoms with E-state index in [0.29, 0.717) is 16.3 Å². The lowest BCUT2D eigenvalue weighted by Crippen LogP contribution is -2.32. The normalized spacial score (nSPS) is 10.1. The Morgan fingerprint density at radius 2 is 1.86 bits per heavy atom. The number of halogens is 3. The number of nitrogens with one attached hydrogen (secondary N) is 2. The predicted molar refractivity (Wildman–Crippen MR) is 83.8 cm³/mol. The van der Waals surface area contributed by atoms with Crippen molar-refractivity contribution in [1.82, 2.24) is 5.32 Å². The molecule has 0 saturated heterocycles. The van der Waals surface area contributed by atoms with Gasteiger partial charge in [0.1, 0.15) is 5.82 Å². The molecule has 2 N–H and O–H groups in total. The van der Waals surface area contributed by atoms with Crippen LogP contribution in [0.2, 0.25) is 10.0 Å². The maximum atomic E-state index is 13.0. The Balaban J connectivity index is 1.90. The van der Waals surface area contributed by atoms with Gasteiger partial charge in [0.15, 0.2) is 0 Å². The van der Waals surface area contributed by atoms with Gasteiger partial charge in [-0.25, -0.2) is 4.39 Å². The third kappa shape index (κ3) is 4.44. The molecule has 0 aromatic heterocycles. The summed E-state index contributed by atoms with van der Waals surface area (Å²) in [6, 6.07) is 10.2. The first-order chi connectivity index (χ1) is 10.5. The Morgan fingerprint density at radius 3 is 2.55 bits per heavy atom. The number of carbonyl (C=O) groups excluding carboxylic acids is 2. The Hall–Kier alpha value is -2.11. The van der Waals surface area contributed by atoms with Crippen molar-refractivity contribution in [1.29, 1.82) is 0 Å². The van der Waals surface area contributed by atoms with E-state index in [-0.39, 0.29) is 11.6 Å². The summed E-state index contributed by atoms with van der Waals surface area (Å²) in [5, 5.41) is 5.29. The highest BCUT2D eigenvalue weighted by atomic mass is 35.5. The lowest BCUT2D eigenvalue weighted by atomic mass is 10.2. The number of hydrogen-bond acceptors (Lipinski definition) is 2. The molecule has 0 spiro atoms. The molecule has 0 bridgehead atoms. The highest BCUT2D eigenvalue weighted by Crippen LogP contribution is 2.19. The number of carbonyl (C=O) groups is 2. The van der Waals surface area contributed by atoms with Crippen molar-refractivity contribution in [3.8, 4) is 0 Å². The van der Waals surface area contributed by atoms with E-state index in [9.17, 15) is 14.0 Å². The third-order valence-corrected chi connectivity index (χ3v) is 3.22. The molecule has 0 radical (unpaired) electrons. The second kappa shape index (κ2) is 7.24. The van der Waals surface area contributed by atoms with Crippen LogP contribution in [-0.2, 0) is 4.79 Å². The van der Waals surface area contributed by atoms with Gasteiger partial charge in [-0.1, -0.05) is 29.3 Å². The Morgan fingerprint density at radius 1 is 1.09 bits per heavy atom. The zero-order valence-electron chi connectivity index (χ0n) is 11.2. The van der Waals surface area contributed by atoms with Crippen molar-refractivity contribution in [3.05, 3.63) is 63.9 Å². The Bertz CT molecular complexity index is 722. The van der Waals surface area contributed by atoms with Gasteiger partial charge in [0.25, 0.3) is 5.91 Å². The molecule has 0 heterocycles. The summed E-state index contributed by atoms with van der Waals surface area (Å²) in [6.07, 6.45) is 0. The minimum atomic E-state index is -0.575. The number of rotatable bonds is 4. The summed E-state index contributed by atoms with van der Waals surface area (Å²) >= 11 is 11.4. The van der Waals surface area contributed by atoms with E-state index in [2.05, 4.69) is 10.6 Å². The van der Waals surface area contributed by atoms with Gasteiger partial charge < -0.3 is 10.6 Å². The van der Waals surface area contributed by atoms with Gasteiger partial charge in [0, 0.05) is 16.3 Å². The molecule has 0 aliphatic rings. The van der Waals surface area contributed by atoms with Crippen LogP contribution in [0.25, 0.3) is 0 Å². The average molecular weight is 341 g/mol. The van der Waals surface area contributed by atoms with Gasteiger partial charge in [-0.15, -0.1) is 0 Å². The number of benzene rings is 2. The van der Waals surface area contributed by atoms with Crippen LogP contribution < -0.4 is 10.6 Å². The van der Waals surface area contributed by atoms with Crippen LogP contribution in [0.4, 0.5) is 10.1 Å². The van der Waals surface area contributed by atoms with Gasteiger partial charge in [-0.05, 0) is 36.4 Å². The molecule has 0 fully saturated rings. The summed E-state index contributed by atoms with van der Waals surface area (Å²) in [5.41, 5.74) is 0.693. The van der Waals surface area contributed by atoms with Gasteiger partial charge in [-0.3, -0.25) is 9.59 Å². The molecule has 2 amide bonds. The summed E-state index contributed by atoms with van der Waals surface area (Å²) in [4.78, 5) is 23.6. The van der Waals surface area contributed by atoms with Crippen molar-refractivity contribution < 1.29 is 14.0 Å². The molecule has 4 nitrogen and oxygen atoms in total. The highest BCUT2D eigenvalue weighted by Gasteiger charge is 2.09. The maximum Gasteiger partial charge on any atom is 0.251 e. The topological polar surface area (TPSA) is 58.2 Å². The molecule has 0 saturated carbocycles. The standard InChI is InChI=1S/C15H11Cl2FN2O2/c16-10-3-1-2-9(6-10)15(22)19-8-14(21)20-11-4-5-13(18)12(17)7-11/h1-7H,8H2,(H,19,22)(H,20,21). The van der Waals surface area contributed by atoms with E-state index in [1.165, 1.54) is 18.2 Å². The van der Waals surface area contributed by atoms with Crippen LogP contribution in [0, 0.1) is 5.82 Å². The fraction of sp³-hybridized carbons (Fsp3) is 0.0667. The first-order valence-corrected chi connectivity index (χ1v) is 7.00. The van der Waals surface area contributed by atoms with E-state index in [1.807, 2.05) is 0 Å². The van der Waals surface area contributed by atoms with Crippen molar-refractivity contribution >= 4 is 40.7 Å². The molecule has 0 unspecified atom stereocenters. The van der Waals surface area contributed by atoms with E-state index < -0.39 is 17.6 Å². The van der Waals surface area contributed by atoms with E-state index in [4.69, 9.17) is 23.2 Å². The fourth-order valence-corrected chi connectivity index (χ4v) is 2.04. The smallest absolute Gasteiger partial charge is 0.251 e. The first-order valence-electron chi connectivity index (χ1n) is 6.24. The Labute approximate surface area is 136 Å². The minimum absolute atomic E-state index is 0.0965. The highest BCUT2D eigenvalue weighted by molar-refractivity contribution is 6.31. The van der Waals surface area contributed by atoms with Crippen LogP contribution in [0.5, 0.6) is 0 Å². The third-order valence-electron chi connectivity index (χ3n) is 2.70. The number of amides is 2. The monoisotopic (exact) mass is 340 g/mol.